The van der Waals surface area contributed by atoms with Crippen LogP contribution in [0.5, 0.6) is 11.5 Å². The zero-order valence-electron chi connectivity index (χ0n) is 27.9. The summed E-state index contributed by atoms with van der Waals surface area (Å²) < 4.78 is 10.9. The van der Waals surface area contributed by atoms with Crippen molar-refractivity contribution in [1.82, 2.24) is 20.6 Å². The molecule has 0 bridgehead atoms. The molecule has 11 heteroatoms. The van der Waals surface area contributed by atoms with E-state index in [1.807, 2.05) is 40.7 Å². The molecule has 5 unspecified atom stereocenters. The molecule has 2 amide bonds. The van der Waals surface area contributed by atoms with Gasteiger partial charge in [-0.05, 0) is 66.1 Å². The molecule has 11 nitrogen and oxygen atoms in total. The fourth-order valence-corrected chi connectivity index (χ4v) is 4.49. The number of allylic oxidation sites excluding steroid dienone is 1. The number of esters is 1. The second-order valence-electron chi connectivity index (χ2n) is 11.3. The van der Waals surface area contributed by atoms with Crippen molar-refractivity contribution in [3.8, 4) is 11.5 Å². The van der Waals surface area contributed by atoms with Crippen LogP contribution in [0.25, 0.3) is 0 Å². The average molecular weight is 647 g/mol. The first kappa shape index (κ1) is 38.1. The summed E-state index contributed by atoms with van der Waals surface area (Å²) in [5.74, 6) is -1.60. The molecule has 2 aromatic heterocycles. The first-order chi connectivity index (χ1) is 22.5. The number of hydrogen-bond acceptors (Lipinski definition) is 8. The Labute approximate surface area is 276 Å². The first-order valence-corrected chi connectivity index (χ1v) is 15.6. The zero-order chi connectivity index (χ0) is 34.9. The van der Waals surface area contributed by atoms with Crippen LogP contribution < -0.4 is 20.1 Å². The highest BCUT2D eigenvalue weighted by Gasteiger charge is 2.30. The molecule has 3 N–H and O–H groups in total. The third-order valence-electron chi connectivity index (χ3n) is 8.04. The van der Waals surface area contributed by atoms with Crippen LogP contribution in [0.3, 0.4) is 0 Å². The maximum absolute atomic E-state index is 12.8. The highest BCUT2D eigenvalue weighted by Crippen LogP contribution is 2.29. The topological polar surface area (TPSA) is 157 Å². The third kappa shape index (κ3) is 11.7. The highest BCUT2D eigenvalue weighted by atomic mass is 16.6. The summed E-state index contributed by atoms with van der Waals surface area (Å²) in [6, 6.07) is 10.2. The van der Waals surface area contributed by atoms with E-state index in [4.69, 9.17) is 9.47 Å². The number of pyridine rings is 2. The Kier molecular flexibility index (Phi) is 15.8. The monoisotopic (exact) mass is 646 g/mol. The molecule has 1 aromatic carbocycles. The summed E-state index contributed by atoms with van der Waals surface area (Å²) in [4.78, 5) is 56.4. The number of ether oxygens (including phenoxy) is 2. The Balaban J connectivity index is 0.000000353. The molecule has 0 fully saturated rings. The minimum Gasteiger partial charge on any atom is -0.493 e. The number of hydrogen-bond donors (Lipinski definition) is 3. The Morgan fingerprint density at radius 3 is 1.85 bits per heavy atom. The van der Waals surface area contributed by atoms with Crippen LogP contribution in [0, 0.1) is 17.8 Å². The van der Waals surface area contributed by atoms with Gasteiger partial charge in [-0.2, -0.15) is 0 Å². The quantitative estimate of drug-likeness (QED) is 0.110. The summed E-state index contributed by atoms with van der Waals surface area (Å²) >= 11 is 0. The van der Waals surface area contributed by atoms with E-state index in [2.05, 4.69) is 27.2 Å². The fraction of sp³-hybridized carbons (Fsp3) is 0.389. The Bertz CT molecular complexity index is 1470. The van der Waals surface area contributed by atoms with Crippen LogP contribution in [0.4, 0.5) is 0 Å². The van der Waals surface area contributed by atoms with Gasteiger partial charge in [0.25, 0.3) is 11.8 Å². The molecule has 252 valence electrons. The van der Waals surface area contributed by atoms with Crippen molar-refractivity contribution in [3.05, 3.63) is 96.6 Å². The van der Waals surface area contributed by atoms with Gasteiger partial charge in [0.2, 0.25) is 0 Å². The summed E-state index contributed by atoms with van der Waals surface area (Å²) in [6.45, 7) is 13.4. The molecule has 5 atom stereocenters. The minimum atomic E-state index is -1.01. The van der Waals surface area contributed by atoms with Gasteiger partial charge in [0.05, 0.1) is 18.2 Å². The molecule has 0 spiro atoms. The first-order valence-electron chi connectivity index (χ1n) is 15.6. The van der Waals surface area contributed by atoms with Gasteiger partial charge in [0.1, 0.15) is 12.1 Å². The van der Waals surface area contributed by atoms with E-state index in [-0.39, 0.29) is 23.7 Å². The summed E-state index contributed by atoms with van der Waals surface area (Å²) in [5, 5.41) is 14.6. The maximum atomic E-state index is 12.8. The molecular formula is C36H46N4O7. The Morgan fingerprint density at radius 2 is 1.40 bits per heavy atom. The molecule has 47 heavy (non-hydrogen) atoms. The lowest BCUT2D eigenvalue weighted by molar-refractivity contribution is -0.141. The molecule has 0 aliphatic carbocycles. The summed E-state index contributed by atoms with van der Waals surface area (Å²) in [5.41, 5.74) is 1.75. The van der Waals surface area contributed by atoms with Gasteiger partial charge < -0.3 is 25.2 Å². The van der Waals surface area contributed by atoms with Crippen molar-refractivity contribution in [3.63, 3.8) is 0 Å². The van der Waals surface area contributed by atoms with Crippen molar-refractivity contribution in [2.45, 2.75) is 66.0 Å². The number of aliphatic carboxylic acids is 1. The standard InChI is InChI=1S/C22H26N2O4.C14H20N2O3/c1-5-8-16-10-11-18(19(13-16)27-4)28-22(26)20(15(3)6-2)24-21(25)17-9-7-12-23-14-17;1-4-9(2)10(3)12(14(18)19)16-13(17)11-6-5-7-15-8-11/h5,7,9-15,20H,1,6,8H2,2-4H3,(H,24,25);5-10,12H,4H2,1-3H3,(H,16,17)(H,18,19). The number of nitrogens with one attached hydrogen (secondary N) is 2. The van der Waals surface area contributed by atoms with E-state index in [0.29, 0.717) is 35.5 Å². The number of rotatable bonds is 15. The van der Waals surface area contributed by atoms with Gasteiger partial charge in [0, 0.05) is 24.8 Å². The third-order valence-corrected chi connectivity index (χ3v) is 8.04. The van der Waals surface area contributed by atoms with E-state index in [9.17, 15) is 24.3 Å². The number of carbonyl (C=O) groups is 4. The number of carboxylic acid groups (broad SMARTS) is 1. The minimum absolute atomic E-state index is 0.112. The highest BCUT2D eigenvalue weighted by molar-refractivity contribution is 5.97. The zero-order valence-corrected chi connectivity index (χ0v) is 27.9. The average Bonchev–Trinajstić information content (AvgIpc) is 3.09. The van der Waals surface area contributed by atoms with Crippen LogP contribution >= 0.6 is 0 Å². The second-order valence-corrected chi connectivity index (χ2v) is 11.3. The van der Waals surface area contributed by atoms with Crippen molar-refractivity contribution in [1.29, 1.82) is 0 Å². The second kappa shape index (κ2) is 19.5. The SMILES string of the molecule is C=CCc1ccc(OC(=O)C(NC(=O)c2cccnc2)C(C)CC)c(OC)c1.CCC(C)C(C)C(NC(=O)c1cccnc1)C(=O)O. The summed E-state index contributed by atoms with van der Waals surface area (Å²) in [6.07, 6.45) is 10.1. The van der Waals surface area contributed by atoms with Gasteiger partial charge >= 0.3 is 11.9 Å². The van der Waals surface area contributed by atoms with Crippen molar-refractivity contribution >= 4 is 23.8 Å². The molecule has 0 aliphatic rings. The predicted octanol–water partition coefficient (Wildman–Crippen LogP) is 5.52. The van der Waals surface area contributed by atoms with Crippen molar-refractivity contribution in [2.75, 3.05) is 7.11 Å². The van der Waals surface area contributed by atoms with Crippen LogP contribution in [0.2, 0.25) is 0 Å². The van der Waals surface area contributed by atoms with Gasteiger partial charge in [-0.3, -0.25) is 19.6 Å². The molecular weight excluding hydrogens is 600 g/mol. The maximum Gasteiger partial charge on any atom is 0.334 e. The predicted molar refractivity (Wildman–Crippen MR) is 179 cm³/mol. The molecule has 0 aliphatic heterocycles. The molecule has 0 radical (unpaired) electrons. The largest absolute Gasteiger partial charge is 0.493 e. The van der Waals surface area contributed by atoms with E-state index in [1.165, 1.54) is 19.5 Å². The van der Waals surface area contributed by atoms with Gasteiger partial charge in [-0.25, -0.2) is 9.59 Å². The smallest absolute Gasteiger partial charge is 0.334 e. The molecule has 3 aromatic rings. The summed E-state index contributed by atoms with van der Waals surface area (Å²) in [7, 11) is 1.51. The lowest BCUT2D eigenvalue weighted by atomic mass is 9.87. The normalized spacial score (nSPS) is 13.7. The number of aromatic nitrogens is 2. The molecule has 0 saturated heterocycles. The molecule has 2 heterocycles. The van der Waals surface area contributed by atoms with Crippen LogP contribution in [0.15, 0.2) is 79.9 Å². The number of carboxylic acids is 1. The molecule has 3 rings (SSSR count). The number of amides is 2. The van der Waals surface area contributed by atoms with Crippen LogP contribution in [-0.2, 0) is 16.0 Å². The number of nitrogens with zero attached hydrogens (tertiary/aromatic N) is 2. The van der Waals surface area contributed by atoms with E-state index < -0.39 is 29.9 Å². The van der Waals surface area contributed by atoms with E-state index in [0.717, 1.165) is 12.0 Å². The van der Waals surface area contributed by atoms with Crippen molar-refractivity contribution < 1.29 is 33.8 Å². The number of carbonyl (C=O) groups excluding carboxylic acids is 3. The molecule has 0 saturated carbocycles. The lowest BCUT2D eigenvalue weighted by Gasteiger charge is -2.26. The van der Waals surface area contributed by atoms with Crippen LogP contribution in [-0.4, -0.2) is 58.0 Å². The van der Waals surface area contributed by atoms with Gasteiger partial charge in [-0.1, -0.05) is 59.6 Å². The Morgan fingerprint density at radius 1 is 0.851 bits per heavy atom. The number of benzene rings is 1. The lowest BCUT2D eigenvalue weighted by Crippen LogP contribution is -2.47. The fourth-order valence-electron chi connectivity index (χ4n) is 4.49. The van der Waals surface area contributed by atoms with Crippen LogP contribution in [0.1, 0.15) is 73.7 Å². The van der Waals surface area contributed by atoms with Gasteiger partial charge in [-0.15, -0.1) is 6.58 Å². The van der Waals surface area contributed by atoms with E-state index >= 15 is 0 Å². The van der Waals surface area contributed by atoms with Crippen molar-refractivity contribution in [2.24, 2.45) is 17.8 Å². The van der Waals surface area contributed by atoms with E-state index in [1.54, 1.807) is 54.9 Å². The number of methoxy groups -OCH3 is 1. The Hall–Kier alpha value is -5.06. The van der Waals surface area contributed by atoms with Gasteiger partial charge in [0.15, 0.2) is 11.5 Å².